The van der Waals surface area contributed by atoms with Crippen LogP contribution in [0.2, 0.25) is 0 Å². The highest BCUT2D eigenvalue weighted by molar-refractivity contribution is 7.10. The molecular weight excluding hydrogens is 206 g/mol. The topological polar surface area (TPSA) is 43.8 Å². The molecule has 0 spiro atoms. The van der Waals surface area contributed by atoms with E-state index in [2.05, 4.69) is 30.4 Å². The van der Waals surface area contributed by atoms with Crippen molar-refractivity contribution in [2.45, 2.75) is 26.4 Å². The number of nitrogens with zero attached hydrogens (tertiary/aromatic N) is 2. The Balaban J connectivity index is 2.36. The molecule has 15 heavy (non-hydrogen) atoms. The van der Waals surface area contributed by atoms with E-state index < -0.39 is 0 Å². The molecule has 2 N–H and O–H groups in total. The van der Waals surface area contributed by atoms with E-state index in [9.17, 15) is 0 Å². The maximum absolute atomic E-state index is 6.23. The van der Waals surface area contributed by atoms with Crippen molar-refractivity contribution in [1.29, 1.82) is 0 Å². The number of hydrogen-bond acceptors (Lipinski definition) is 3. The summed E-state index contributed by atoms with van der Waals surface area (Å²) in [7, 11) is 0. The molecule has 0 aliphatic carbocycles. The largest absolute Gasteiger partial charge is 0.318 e. The number of thiophene rings is 1. The molecule has 4 heteroatoms. The van der Waals surface area contributed by atoms with Gasteiger partial charge in [-0.2, -0.15) is 5.10 Å². The molecule has 2 rings (SSSR count). The van der Waals surface area contributed by atoms with Crippen molar-refractivity contribution in [2.75, 3.05) is 0 Å². The normalized spacial score (nSPS) is 13.0. The third kappa shape index (κ3) is 1.82. The number of nitrogens with two attached hydrogens (primary N) is 1. The molecule has 2 aromatic rings. The Morgan fingerprint density at radius 1 is 1.53 bits per heavy atom. The molecule has 80 valence electrons. The zero-order chi connectivity index (χ0) is 10.8. The molecule has 1 atom stereocenters. The fourth-order valence-electron chi connectivity index (χ4n) is 1.71. The molecule has 2 heterocycles. The maximum atomic E-state index is 6.23. The highest BCUT2D eigenvalue weighted by atomic mass is 32.1. The lowest BCUT2D eigenvalue weighted by atomic mass is 10.1. The predicted molar refractivity (Wildman–Crippen MR) is 63.0 cm³/mol. The first-order valence-corrected chi connectivity index (χ1v) is 5.93. The van der Waals surface area contributed by atoms with Gasteiger partial charge in [-0.25, -0.2) is 0 Å². The molecule has 0 saturated heterocycles. The van der Waals surface area contributed by atoms with E-state index in [1.807, 2.05) is 16.9 Å². The summed E-state index contributed by atoms with van der Waals surface area (Å²) in [5.41, 5.74) is 8.58. The minimum absolute atomic E-state index is 0.0487. The highest BCUT2D eigenvalue weighted by Gasteiger charge is 2.16. The van der Waals surface area contributed by atoms with Gasteiger partial charge in [0.15, 0.2) is 0 Å². The Bertz CT molecular complexity index is 444. The number of hydrogen-bond donors (Lipinski definition) is 1. The van der Waals surface area contributed by atoms with E-state index in [0.717, 1.165) is 12.2 Å². The van der Waals surface area contributed by atoms with Gasteiger partial charge in [-0.3, -0.25) is 4.68 Å². The van der Waals surface area contributed by atoms with Gasteiger partial charge in [-0.05, 0) is 36.9 Å². The van der Waals surface area contributed by atoms with Crippen LogP contribution in [0.1, 0.15) is 29.1 Å². The van der Waals surface area contributed by atoms with Gasteiger partial charge in [0.25, 0.3) is 0 Å². The first-order chi connectivity index (χ1) is 7.24. The van der Waals surface area contributed by atoms with Crippen LogP contribution in [0.15, 0.2) is 23.7 Å². The van der Waals surface area contributed by atoms with Crippen LogP contribution >= 0.6 is 11.3 Å². The van der Waals surface area contributed by atoms with Crippen molar-refractivity contribution in [3.63, 3.8) is 0 Å². The average Bonchev–Trinajstić information content (AvgIpc) is 2.84. The Morgan fingerprint density at radius 3 is 2.93 bits per heavy atom. The van der Waals surface area contributed by atoms with Crippen molar-refractivity contribution < 1.29 is 0 Å². The van der Waals surface area contributed by atoms with E-state index in [-0.39, 0.29) is 6.04 Å². The van der Waals surface area contributed by atoms with Gasteiger partial charge in [0.05, 0.1) is 11.7 Å². The van der Waals surface area contributed by atoms with Crippen molar-refractivity contribution in [3.05, 3.63) is 39.8 Å². The monoisotopic (exact) mass is 221 g/mol. The lowest BCUT2D eigenvalue weighted by Gasteiger charge is -2.12. The summed E-state index contributed by atoms with van der Waals surface area (Å²) in [5.74, 6) is 0. The van der Waals surface area contributed by atoms with Crippen molar-refractivity contribution in [1.82, 2.24) is 9.78 Å². The lowest BCUT2D eigenvalue weighted by molar-refractivity contribution is 0.603. The maximum Gasteiger partial charge on any atom is 0.0819 e. The van der Waals surface area contributed by atoms with Gasteiger partial charge in [0.2, 0.25) is 0 Å². The van der Waals surface area contributed by atoms with Gasteiger partial charge < -0.3 is 5.73 Å². The Kier molecular flexibility index (Phi) is 2.88. The van der Waals surface area contributed by atoms with Crippen molar-refractivity contribution >= 4 is 11.3 Å². The van der Waals surface area contributed by atoms with E-state index in [0.29, 0.717) is 0 Å². The number of aryl methyl sites for hydroxylation is 2. The van der Waals surface area contributed by atoms with Gasteiger partial charge in [-0.1, -0.05) is 0 Å². The molecule has 0 aliphatic rings. The molecule has 0 fully saturated rings. The van der Waals surface area contributed by atoms with Gasteiger partial charge in [-0.15, -0.1) is 11.3 Å². The summed E-state index contributed by atoms with van der Waals surface area (Å²) < 4.78 is 1.95. The second-order valence-electron chi connectivity index (χ2n) is 3.52. The highest BCUT2D eigenvalue weighted by Crippen LogP contribution is 2.27. The Labute approximate surface area is 93.5 Å². The number of aromatic nitrogens is 2. The van der Waals surface area contributed by atoms with E-state index >= 15 is 0 Å². The van der Waals surface area contributed by atoms with Crippen LogP contribution in [0.4, 0.5) is 0 Å². The smallest absolute Gasteiger partial charge is 0.0819 e. The molecule has 0 aliphatic heterocycles. The molecule has 0 saturated carbocycles. The summed E-state index contributed by atoms with van der Waals surface area (Å²) in [6.07, 6.45) is 1.81. The van der Waals surface area contributed by atoms with E-state index in [1.54, 1.807) is 11.3 Å². The first-order valence-electron chi connectivity index (χ1n) is 5.05. The molecule has 2 aromatic heterocycles. The second-order valence-corrected chi connectivity index (χ2v) is 4.47. The van der Waals surface area contributed by atoms with E-state index in [4.69, 9.17) is 5.73 Å². The van der Waals surface area contributed by atoms with E-state index in [1.165, 1.54) is 10.4 Å². The third-order valence-electron chi connectivity index (χ3n) is 2.55. The standard InChI is InChI=1S/C11H15N3S/c1-3-14-9(4-6-13-14)10(12)11-8(2)5-7-15-11/h4-7,10H,3,12H2,1-2H3. The zero-order valence-corrected chi connectivity index (χ0v) is 9.79. The minimum Gasteiger partial charge on any atom is -0.318 e. The molecule has 1 unspecified atom stereocenters. The lowest BCUT2D eigenvalue weighted by Crippen LogP contribution is -2.16. The molecule has 0 amide bonds. The molecule has 0 radical (unpaired) electrons. The van der Waals surface area contributed by atoms with Gasteiger partial charge in [0, 0.05) is 17.6 Å². The third-order valence-corrected chi connectivity index (χ3v) is 3.65. The SMILES string of the molecule is CCn1nccc1C(N)c1sccc1C. The summed E-state index contributed by atoms with van der Waals surface area (Å²) >= 11 is 1.71. The Hall–Kier alpha value is -1.13. The van der Waals surface area contributed by atoms with Crippen LogP contribution in [0, 0.1) is 6.92 Å². The number of rotatable bonds is 3. The van der Waals surface area contributed by atoms with Crippen molar-refractivity contribution in [3.8, 4) is 0 Å². The quantitative estimate of drug-likeness (QED) is 0.864. The minimum atomic E-state index is -0.0487. The Morgan fingerprint density at radius 2 is 2.33 bits per heavy atom. The summed E-state index contributed by atoms with van der Waals surface area (Å²) in [6, 6.07) is 4.05. The fourth-order valence-corrected chi connectivity index (χ4v) is 2.65. The van der Waals surface area contributed by atoms with Crippen LogP contribution < -0.4 is 5.73 Å². The average molecular weight is 221 g/mol. The molecule has 0 bridgehead atoms. The predicted octanol–water partition coefficient (Wildman–Crippen LogP) is 2.32. The summed E-state index contributed by atoms with van der Waals surface area (Å²) in [5, 5.41) is 6.32. The van der Waals surface area contributed by atoms with Gasteiger partial charge >= 0.3 is 0 Å². The van der Waals surface area contributed by atoms with Gasteiger partial charge in [0.1, 0.15) is 0 Å². The van der Waals surface area contributed by atoms with Crippen LogP contribution in [0.25, 0.3) is 0 Å². The molecule has 3 nitrogen and oxygen atoms in total. The first kappa shape index (κ1) is 10.4. The second kappa shape index (κ2) is 4.16. The van der Waals surface area contributed by atoms with Crippen LogP contribution in [0.3, 0.4) is 0 Å². The molecular formula is C11H15N3S. The van der Waals surface area contributed by atoms with Crippen LogP contribution in [0.5, 0.6) is 0 Å². The van der Waals surface area contributed by atoms with Crippen LogP contribution in [-0.4, -0.2) is 9.78 Å². The van der Waals surface area contributed by atoms with Crippen molar-refractivity contribution in [2.24, 2.45) is 5.73 Å². The fraction of sp³-hybridized carbons (Fsp3) is 0.364. The van der Waals surface area contributed by atoms with Crippen LogP contribution in [-0.2, 0) is 6.54 Å². The molecule has 0 aromatic carbocycles. The zero-order valence-electron chi connectivity index (χ0n) is 8.97. The summed E-state index contributed by atoms with van der Waals surface area (Å²) in [4.78, 5) is 1.23. The summed E-state index contributed by atoms with van der Waals surface area (Å²) in [6.45, 7) is 5.03.